The zero-order valence-electron chi connectivity index (χ0n) is 17.4. The Morgan fingerprint density at radius 1 is 1.10 bits per heavy atom. The number of nitrogens with zero attached hydrogens (tertiary/aromatic N) is 2. The molecular weight excluding hydrogens is 412 g/mol. The van der Waals surface area contributed by atoms with E-state index in [1.807, 2.05) is 49.4 Å². The van der Waals surface area contributed by atoms with Crippen LogP contribution in [0.4, 0.5) is 0 Å². The molecule has 1 aliphatic heterocycles. The van der Waals surface area contributed by atoms with Gasteiger partial charge in [0.15, 0.2) is 0 Å². The van der Waals surface area contributed by atoms with Crippen molar-refractivity contribution in [3.8, 4) is 0 Å². The number of aromatic nitrogens is 2. The van der Waals surface area contributed by atoms with Gasteiger partial charge in [-0.05, 0) is 43.0 Å². The Hall–Kier alpha value is -2.97. The van der Waals surface area contributed by atoms with Gasteiger partial charge in [-0.25, -0.2) is 8.42 Å². The highest BCUT2D eigenvalue weighted by atomic mass is 32.2. The van der Waals surface area contributed by atoms with Gasteiger partial charge in [0.1, 0.15) is 5.25 Å². The zero-order chi connectivity index (χ0) is 21.8. The van der Waals surface area contributed by atoms with E-state index in [9.17, 15) is 13.2 Å². The minimum absolute atomic E-state index is 0.0668. The Labute approximate surface area is 182 Å². The number of rotatable bonds is 6. The molecule has 3 aromatic rings. The number of hydrogen-bond donors (Lipinski definition) is 2. The first-order valence-corrected chi connectivity index (χ1v) is 11.9. The van der Waals surface area contributed by atoms with Crippen molar-refractivity contribution >= 4 is 15.9 Å². The number of aromatic amines is 1. The molecule has 7 nitrogen and oxygen atoms in total. The summed E-state index contributed by atoms with van der Waals surface area (Å²) in [6.45, 7) is 2.64. The van der Waals surface area contributed by atoms with Crippen LogP contribution in [0.2, 0.25) is 0 Å². The van der Waals surface area contributed by atoms with Crippen LogP contribution in [0.5, 0.6) is 0 Å². The van der Waals surface area contributed by atoms with Crippen molar-refractivity contribution < 1.29 is 13.2 Å². The van der Waals surface area contributed by atoms with Gasteiger partial charge in [-0.3, -0.25) is 9.89 Å². The second-order valence-electron chi connectivity index (χ2n) is 7.90. The van der Waals surface area contributed by atoms with E-state index in [1.54, 1.807) is 28.8 Å². The van der Waals surface area contributed by atoms with Crippen LogP contribution in [0.15, 0.2) is 67.0 Å². The van der Waals surface area contributed by atoms with Gasteiger partial charge in [-0.2, -0.15) is 9.40 Å². The van der Waals surface area contributed by atoms with Gasteiger partial charge >= 0.3 is 0 Å². The maximum absolute atomic E-state index is 13.4. The van der Waals surface area contributed by atoms with Crippen molar-refractivity contribution in [3.63, 3.8) is 0 Å². The second kappa shape index (κ2) is 9.03. The van der Waals surface area contributed by atoms with E-state index in [-0.39, 0.29) is 11.9 Å². The lowest BCUT2D eigenvalue weighted by Crippen LogP contribution is -2.44. The third-order valence-electron chi connectivity index (χ3n) is 5.76. The Bertz CT molecular complexity index is 1110. The van der Waals surface area contributed by atoms with Crippen LogP contribution in [0.3, 0.4) is 0 Å². The molecule has 1 aliphatic rings. The molecule has 8 heteroatoms. The molecule has 0 spiro atoms. The quantitative estimate of drug-likeness (QED) is 0.617. The van der Waals surface area contributed by atoms with Gasteiger partial charge in [0.2, 0.25) is 10.0 Å². The van der Waals surface area contributed by atoms with Gasteiger partial charge < -0.3 is 5.32 Å². The molecule has 1 aromatic heterocycles. The monoisotopic (exact) mass is 438 g/mol. The van der Waals surface area contributed by atoms with Crippen LogP contribution in [-0.2, 0) is 23.1 Å². The molecule has 2 N–H and O–H groups in total. The predicted octanol–water partition coefficient (Wildman–Crippen LogP) is 3.40. The molecular formula is C23H26N4O3S. The molecule has 0 aliphatic carbocycles. The van der Waals surface area contributed by atoms with Crippen LogP contribution in [0.1, 0.15) is 52.1 Å². The van der Waals surface area contributed by atoms with E-state index in [4.69, 9.17) is 0 Å². The van der Waals surface area contributed by atoms with Crippen LogP contribution in [0, 0.1) is 0 Å². The summed E-state index contributed by atoms with van der Waals surface area (Å²) in [4.78, 5) is 12.3. The van der Waals surface area contributed by atoms with E-state index in [2.05, 4.69) is 15.5 Å². The fourth-order valence-electron chi connectivity index (χ4n) is 3.95. The van der Waals surface area contributed by atoms with Crippen LogP contribution in [0.25, 0.3) is 0 Å². The summed E-state index contributed by atoms with van der Waals surface area (Å²) in [6, 6.07) is 16.5. The summed E-state index contributed by atoms with van der Waals surface area (Å²) in [6.07, 6.45) is 4.83. The fraction of sp³-hybridized carbons (Fsp3) is 0.304. The predicted molar refractivity (Wildman–Crippen MR) is 119 cm³/mol. The number of nitrogens with one attached hydrogen (secondary N) is 2. The lowest BCUT2D eigenvalue weighted by molar-refractivity contribution is 0.0951. The maximum Gasteiger partial charge on any atom is 0.251 e. The van der Waals surface area contributed by atoms with Crippen molar-refractivity contribution in [1.29, 1.82) is 0 Å². The zero-order valence-corrected chi connectivity index (χ0v) is 18.2. The molecule has 31 heavy (non-hydrogen) atoms. The highest BCUT2D eigenvalue weighted by molar-refractivity contribution is 7.89. The standard InChI is InChI=1S/C23H26N4O3S/c1-17-7-12-22(20-5-3-2-4-6-20)31(29,30)27(17)16-18-8-10-21(11-9-18)23(28)24-13-19-14-25-26-15-19/h2-6,8-11,14-15,17,22H,7,12-13,16H2,1H3,(H,24,28)(H,25,26)/t17-,22?/m0/s1. The third kappa shape index (κ3) is 4.70. The normalized spacial score (nSPS) is 20.9. The van der Waals surface area contributed by atoms with Crippen molar-refractivity contribution in [2.45, 2.75) is 44.1 Å². The molecule has 0 bridgehead atoms. The lowest BCUT2D eigenvalue weighted by atomic mass is 10.0. The number of carbonyl (C=O) groups excluding carboxylic acids is 1. The van der Waals surface area contributed by atoms with E-state index >= 15 is 0 Å². The summed E-state index contributed by atoms with van der Waals surface area (Å²) in [7, 11) is -3.48. The Balaban J connectivity index is 1.45. The summed E-state index contributed by atoms with van der Waals surface area (Å²) >= 11 is 0. The summed E-state index contributed by atoms with van der Waals surface area (Å²) in [5.74, 6) is -0.184. The van der Waals surface area contributed by atoms with E-state index in [0.717, 1.165) is 23.1 Å². The third-order valence-corrected chi connectivity index (χ3v) is 8.13. The van der Waals surface area contributed by atoms with Crippen LogP contribution in [-0.4, -0.2) is 34.9 Å². The number of H-pyrrole nitrogens is 1. The average molecular weight is 439 g/mol. The van der Waals surface area contributed by atoms with Crippen molar-refractivity contribution in [2.75, 3.05) is 0 Å². The molecule has 4 rings (SSSR count). The molecule has 2 aromatic carbocycles. The largest absolute Gasteiger partial charge is 0.348 e. The Morgan fingerprint density at radius 3 is 2.52 bits per heavy atom. The van der Waals surface area contributed by atoms with Gasteiger partial charge in [0.25, 0.3) is 5.91 Å². The molecule has 1 unspecified atom stereocenters. The van der Waals surface area contributed by atoms with Gasteiger partial charge in [-0.1, -0.05) is 42.5 Å². The number of sulfonamides is 1. The van der Waals surface area contributed by atoms with Gasteiger partial charge in [-0.15, -0.1) is 0 Å². The highest BCUT2D eigenvalue weighted by Gasteiger charge is 2.40. The molecule has 2 atom stereocenters. The van der Waals surface area contributed by atoms with E-state index in [0.29, 0.717) is 25.1 Å². The first-order chi connectivity index (χ1) is 14.9. The van der Waals surface area contributed by atoms with E-state index < -0.39 is 15.3 Å². The fourth-order valence-corrected chi connectivity index (χ4v) is 6.15. The number of carbonyl (C=O) groups is 1. The molecule has 1 saturated heterocycles. The van der Waals surface area contributed by atoms with Gasteiger partial charge in [0.05, 0.1) is 6.20 Å². The SMILES string of the molecule is C[C@H]1CCC(c2ccccc2)S(=O)(=O)N1Cc1ccc(C(=O)NCc2cn[nH]c2)cc1. The molecule has 162 valence electrons. The maximum atomic E-state index is 13.4. The summed E-state index contributed by atoms with van der Waals surface area (Å²) < 4.78 is 28.3. The number of amides is 1. The first-order valence-electron chi connectivity index (χ1n) is 10.4. The minimum Gasteiger partial charge on any atom is -0.348 e. The average Bonchev–Trinajstić information content (AvgIpc) is 3.29. The number of benzene rings is 2. The van der Waals surface area contributed by atoms with Crippen molar-refractivity contribution in [3.05, 3.63) is 89.2 Å². The molecule has 1 fully saturated rings. The van der Waals surface area contributed by atoms with Gasteiger partial charge in [0, 0.05) is 36.5 Å². The molecule has 2 heterocycles. The number of hydrogen-bond acceptors (Lipinski definition) is 4. The smallest absolute Gasteiger partial charge is 0.251 e. The second-order valence-corrected chi connectivity index (χ2v) is 9.97. The Morgan fingerprint density at radius 2 is 1.84 bits per heavy atom. The molecule has 0 radical (unpaired) electrons. The summed E-state index contributed by atoms with van der Waals surface area (Å²) in [5.41, 5.74) is 3.12. The first kappa shape index (κ1) is 21.3. The Kier molecular flexibility index (Phi) is 6.20. The molecule has 0 saturated carbocycles. The molecule has 1 amide bonds. The lowest BCUT2D eigenvalue weighted by Gasteiger charge is -2.37. The summed E-state index contributed by atoms with van der Waals surface area (Å²) in [5, 5.41) is 8.89. The van der Waals surface area contributed by atoms with E-state index in [1.165, 1.54) is 0 Å². The van der Waals surface area contributed by atoms with Crippen LogP contribution < -0.4 is 5.32 Å². The highest BCUT2D eigenvalue weighted by Crippen LogP contribution is 2.37. The topological polar surface area (TPSA) is 95.2 Å². The van der Waals surface area contributed by atoms with Crippen LogP contribution >= 0.6 is 0 Å². The van der Waals surface area contributed by atoms with Crippen molar-refractivity contribution in [1.82, 2.24) is 19.8 Å². The minimum atomic E-state index is -3.48. The van der Waals surface area contributed by atoms with Crippen molar-refractivity contribution in [2.24, 2.45) is 0 Å².